The van der Waals surface area contributed by atoms with Crippen LogP contribution in [0.25, 0.3) is 0 Å². The molecule has 16 heavy (non-hydrogen) atoms. The summed E-state index contributed by atoms with van der Waals surface area (Å²) in [4.78, 5) is 3.97. The van der Waals surface area contributed by atoms with E-state index in [1.54, 1.807) is 7.11 Å². The maximum Gasteiger partial charge on any atom is 0.193 e. The van der Waals surface area contributed by atoms with E-state index in [9.17, 15) is 5.11 Å². The predicted octanol–water partition coefficient (Wildman–Crippen LogP) is 0.437. The van der Waals surface area contributed by atoms with Crippen LogP contribution in [-0.2, 0) is 11.2 Å². The van der Waals surface area contributed by atoms with Crippen molar-refractivity contribution in [1.29, 1.82) is 0 Å². The summed E-state index contributed by atoms with van der Waals surface area (Å²) < 4.78 is 4.81. The van der Waals surface area contributed by atoms with Gasteiger partial charge in [-0.05, 0) is 12.8 Å². The Labute approximate surface area is 98.8 Å². The van der Waals surface area contributed by atoms with Gasteiger partial charge in [-0.3, -0.25) is 0 Å². The number of nitrogens with two attached hydrogens (primary N) is 1. The van der Waals surface area contributed by atoms with Crippen LogP contribution in [-0.4, -0.2) is 40.1 Å². The number of nitrogen functional groups attached to an aromatic ring is 1. The van der Waals surface area contributed by atoms with Gasteiger partial charge in [-0.2, -0.15) is 0 Å². The van der Waals surface area contributed by atoms with Gasteiger partial charge in [0, 0.05) is 13.5 Å². The van der Waals surface area contributed by atoms with Crippen molar-refractivity contribution in [3.8, 4) is 0 Å². The van der Waals surface area contributed by atoms with Crippen molar-refractivity contribution in [2.75, 3.05) is 19.5 Å². The van der Waals surface area contributed by atoms with E-state index in [0.29, 0.717) is 25.3 Å². The minimum absolute atomic E-state index is 0.114. The van der Waals surface area contributed by atoms with Gasteiger partial charge in [-0.1, -0.05) is 11.6 Å². The van der Waals surface area contributed by atoms with Gasteiger partial charge in [0.05, 0.1) is 12.7 Å². The van der Waals surface area contributed by atoms with Gasteiger partial charge in [0.15, 0.2) is 16.8 Å². The van der Waals surface area contributed by atoms with Crippen molar-refractivity contribution >= 4 is 17.4 Å². The van der Waals surface area contributed by atoms with E-state index in [1.807, 2.05) is 0 Å². The Morgan fingerprint density at radius 2 is 2.25 bits per heavy atom. The Morgan fingerprint density at radius 3 is 2.88 bits per heavy atom. The molecule has 0 saturated carbocycles. The Kier molecular flexibility index (Phi) is 5.37. The highest BCUT2D eigenvalue weighted by atomic mass is 35.5. The highest BCUT2D eigenvalue weighted by Gasteiger charge is 2.06. The molecule has 0 amide bonds. The lowest BCUT2D eigenvalue weighted by atomic mass is 10.1. The monoisotopic (exact) mass is 246 g/mol. The number of hydrogen-bond acceptors (Lipinski definition) is 6. The summed E-state index contributed by atoms with van der Waals surface area (Å²) in [5, 5.41) is 17.0. The number of anilines is 1. The van der Waals surface area contributed by atoms with E-state index in [1.165, 1.54) is 0 Å². The lowest BCUT2D eigenvalue weighted by Crippen LogP contribution is -2.14. The van der Waals surface area contributed by atoms with Gasteiger partial charge in [-0.15, -0.1) is 10.2 Å². The summed E-state index contributed by atoms with van der Waals surface area (Å²) in [6, 6.07) is 0. The first kappa shape index (κ1) is 13.1. The molecule has 7 heteroatoms. The molecule has 0 bridgehead atoms. The minimum Gasteiger partial charge on any atom is -0.391 e. The molecule has 0 spiro atoms. The summed E-state index contributed by atoms with van der Waals surface area (Å²) in [5.74, 6) is 0.718. The zero-order chi connectivity index (χ0) is 12.0. The summed E-state index contributed by atoms with van der Waals surface area (Å²) in [6.07, 6.45) is 1.52. The number of hydrogen-bond donors (Lipinski definition) is 2. The number of aliphatic hydroxyl groups is 1. The molecule has 0 fully saturated rings. The summed E-state index contributed by atoms with van der Waals surface area (Å²) in [6.45, 7) is 0.335. The normalized spacial score (nSPS) is 12.7. The first-order valence-electron chi connectivity index (χ1n) is 4.95. The largest absolute Gasteiger partial charge is 0.391 e. The molecule has 1 aromatic heterocycles. The van der Waals surface area contributed by atoms with Crippen LogP contribution in [0.4, 0.5) is 5.82 Å². The van der Waals surface area contributed by atoms with E-state index in [0.717, 1.165) is 6.42 Å². The van der Waals surface area contributed by atoms with Crippen LogP contribution in [0, 0.1) is 0 Å². The number of rotatable bonds is 6. The number of nitrogens with zero attached hydrogens (tertiary/aromatic N) is 3. The van der Waals surface area contributed by atoms with Crippen LogP contribution in [0.15, 0.2) is 0 Å². The highest BCUT2D eigenvalue weighted by molar-refractivity contribution is 6.31. The van der Waals surface area contributed by atoms with Gasteiger partial charge in [0.2, 0.25) is 0 Å². The van der Waals surface area contributed by atoms with Crippen LogP contribution in [0.1, 0.15) is 18.7 Å². The minimum atomic E-state index is -0.456. The first-order valence-corrected chi connectivity index (χ1v) is 5.33. The summed E-state index contributed by atoms with van der Waals surface area (Å²) in [5.41, 5.74) is 5.48. The fourth-order valence-electron chi connectivity index (χ4n) is 1.24. The Morgan fingerprint density at radius 1 is 1.50 bits per heavy atom. The fourth-order valence-corrected chi connectivity index (χ4v) is 1.32. The molecule has 1 unspecified atom stereocenters. The Balaban J connectivity index is 2.34. The van der Waals surface area contributed by atoms with Crippen LogP contribution in [0.2, 0.25) is 5.15 Å². The molecule has 0 aliphatic rings. The SMILES string of the molecule is COCC(O)CCCc1nnc(Cl)c(N)n1. The molecule has 6 nitrogen and oxygen atoms in total. The third kappa shape index (κ3) is 4.26. The van der Waals surface area contributed by atoms with E-state index < -0.39 is 6.10 Å². The fraction of sp³-hybridized carbons (Fsp3) is 0.667. The Bertz CT molecular complexity index is 337. The van der Waals surface area contributed by atoms with Gasteiger partial charge in [-0.25, -0.2) is 4.98 Å². The lowest BCUT2D eigenvalue weighted by Gasteiger charge is -2.08. The van der Waals surface area contributed by atoms with Crippen LogP contribution in [0.5, 0.6) is 0 Å². The predicted molar refractivity (Wildman–Crippen MR) is 60.1 cm³/mol. The molecule has 0 radical (unpaired) electrons. The van der Waals surface area contributed by atoms with Gasteiger partial charge in [0.25, 0.3) is 0 Å². The highest BCUT2D eigenvalue weighted by Crippen LogP contribution is 2.11. The average molecular weight is 247 g/mol. The number of methoxy groups -OCH3 is 1. The van der Waals surface area contributed by atoms with Crippen molar-refractivity contribution in [2.45, 2.75) is 25.4 Å². The smallest absolute Gasteiger partial charge is 0.193 e. The molecule has 1 heterocycles. The molecule has 1 rings (SSSR count). The first-order chi connectivity index (χ1) is 7.63. The lowest BCUT2D eigenvalue weighted by molar-refractivity contribution is 0.0580. The van der Waals surface area contributed by atoms with Crippen molar-refractivity contribution in [1.82, 2.24) is 15.2 Å². The second kappa shape index (κ2) is 6.57. The number of aromatic nitrogens is 3. The Hall–Kier alpha value is -0.980. The molecular weight excluding hydrogens is 232 g/mol. The molecule has 90 valence electrons. The third-order valence-electron chi connectivity index (χ3n) is 2.01. The van der Waals surface area contributed by atoms with Crippen LogP contribution in [0.3, 0.4) is 0 Å². The number of aryl methyl sites for hydroxylation is 1. The molecule has 0 aliphatic heterocycles. The third-order valence-corrected chi connectivity index (χ3v) is 2.28. The second-order valence-electron chi connectivity index (χ2n) is 3.41. The average Bonchev–Trinajstić information content (AvgIpc) is 2.24. The van der Waals surface area contributed by atoms with Gasteiger partial charge in [0.1, 0.15) is 0 Å². The summed E-state index contributed by atoms with van der Waals surface area (Å²) in [7, 11) is 1.55. The number of aliphatic hydroxyl groups excluding tert-OH is 1. The maximum absolute atomic E-state index is 9.40. The van der Waals surface area contributed by atoms with Crippen LogP contribution >= 0.6 is 11.6 Å². The molecule has 3 N–H and O–H groups in total. The summed E-state index contributed by atoms with van der Waals surface area (Å²) >= 11 is 5.59. The van der Waals surface area contributed by atoms with Gasteiger partial charge >= 0.3 is 0 Å². The molecular formula is C9H15ClN4O2. The molecule has 0 saturated heterocycles. The number of halogens is 1. The zero-order valence-electron chi connectivity index (χ0n) is 9.06. The van der Waals surface area contributed by atoms with E-state index in [2.05, 4.69) is 15.2 Å². The maximum atomic E-state index is 9.40. The van der Waals surface area contributed by atoms with E-state index >= 15 is 0 Å². The van der Waals surface area contributed by atoms with Crippen molar-refractivity contribution in [2.24, 2.45) is 0 Å². The van der Waals surface area contributed by atoms with Crippen LogP contribution < -0.4 is 5.73 Å². The molecule has 1 atom stereocenters. The van der Waals surface area contributed by atoms with Crippen molar-refractivity contribution in [3.63, 3.8) is 0 Å². The molecule has 1 aromatic rings. The standard InChI is InChI=1S/C9H15ClN4O2/c1-16-5-6(15)3-2-4-7-12-9(11)8(10)14-13-7/h6,15H,2-5H2,1H3,(H2,11,12,13). The second-order valence-corrected chi connectivity index (χ2v) is 3.76. The van der Waals surface area contributed by atoms with Gasteiger partial charge < -0.3 is 15.6 Å². The molecule has 0 aliphatic carbocycles. The van der Waals surface area contributed by atoms with E-state index in [4.69, 9.17) is 22.1 Å². The number of ether oxygens (including phenoxy) is 1. The zero-order valence-corrected chi connectivity index (χ0v) is 9.81. The molecule has 0 aromatic carbocycles. The van der Waals surface area contributed by atoms with Crippen molar-refractivity contribution in [3.05, 3.63) is 11.0 Å². The van der Waals surface area contributed by atoms with E-state index in [-0.39, 0.29) is 11.0 Å². The quantitative estimate of drug-likeness (QED) is 0.756. The topological polar surface area (TPSA) is 94.2 Å². The van der Waals surface area contributed by atoms with Crippen molar-refractivity contribution < 1.29 is 9.84 Å².